The van der Waals surface area contributed by atoms with Crippen LogP contribution in [0.3, 0.4) is 0 Å². The third kappa shape index (κ3) is 2.21. The number of hydrogen-bond acceptors (Lipinski definition) is 4. The number of fused-ring (bicyclic) bond motifs is 1. The second-order valence-corrected chi connectivity index (χ2v) is 4.81. The molecule has 1 unspecified atom stereocenters. The smallest absolute Gasteiger partial charge is 0.305 e. The van der Waals surface area contributed by atoms with E-state index in [9.17, 15) is 14.4 Å². The number of hydrogen-bond donors (Lipinski definition) is 1. The maximum Gasteiger partial charge on any atom is 0.305 e. The van der Waals surface area contributed by atoms with Crippen molar-refractivity contribution < 1.29 is 19.5 Å². The van der Waals surface area contributed by atoms with Gasteiger partial charge in [-0.3, -0.25) is 24.3 Å². The fraction of sp³-hybridized carbons (Fsp3) is 0.385. The molecule has 1 atom stereocenters. The monoisotopic (exact) mass is 262 g/mol. The molecular formula is C13H14N2O4. The van der Waals surface area contributed by atoms with E-state index in [0.29, 0.717) is 0 Å². The highest BCUT2D eigenvalue weighted by molar-refractivity contribution is 6.21. The topological polar surface area (TPSA) is 87.6 Å². The number of amides is 2. The molecule has 100 valence electrons. The minimum absolute atomic E-state index is 0.133. The van der Waals surface area contributed by atoms with Crippen molar-refractivity contribution in [2.75, 3.05) is 0 Å². The summed E-state index contributed by atoms with van der Waals surface area (Å²) in [6.45, 7) is 3.57. The molecule has 0 bridgehead atoms. The van der Waals surface area contributed by atoms with E-state index in [1.807, 2.05) is 0 Å². The van der Waals surface area contributed by atoms with E-state index in [0.717, 1.165) is 4.90 Å². The molecule has 2 amide bonds. The van der Waals surface area contributed by atoms with Gasteiger partial charge in [-0.1, -0.05) is 13.8 Å². The Balaban J connectivity index is 2.39. The largest absolute Gasteiger partial charge is 0.481 e. The first kappa shape index (κ1) is 13.2. The first-order valence-corrected chi connectivity index (χ1v) is 5.97. The van der Waals surface area contributed by atoms with E-state index in [2.05, 4.69) is 4.98 Å². The zero-order chi connectivity index (χ0) is 14.2. The fourth-order valence-electron chi connectivity index (χ4n) is 2.21. The van der Waals surface area contributed by atoms with Crippen LogP contribution in [0.1, 0.15) is 41.0 Å². The molecule has 1 N–H and O–H groups in total. The summed E-state index contributed by atoms with van der Waals surface area (Å²) in [6, 6.07) is 0.832. The van der Waals surface area contributed by atoms with Gasteiger partial charge in [0.05, 0.1) is 23.6 Å². The Kier molecular flexibility index (Phi) is 3.33. The van der Waals surface area contributed by atoms with Crippen molar-refractivity contribution in [3.05, 3.63) is 29.6 Å². The van der Waals surface area contributed by atoms with Gasteiger partial charge >= 0.3 is 5.97 Å². The van der Waals surface area contributed by atoms with Gasteiger partial charge in [0.15, 0.2) is 0 Å². The Labute approximate surface area is 110 Å². The summed E-state index contributed by atoms with van der Waals surface area (Å²) >= 11 is 0. The highest BCUT2D eigenvalue weighted by Crippen LogP contribution is 2.27. The van der Waals surface area contributed by atoms with Crippen molar-refractivity contribution in [3.63, 3.8) is 0 Å². The lowest BCUT2D eigenvalue weighted by atomic mass is 9.99. The maximum absolute atomic E-state index is 12.2. The highest BCUT2D eigenvalue weighted by Gasteiger charge is 2.41. The summed E-state index contributed by atoms with van der Waals surface area (Å²) in [7, 11) is 0. The second kappa shape index (κ2) is 4.79. The molecule has 1 aliphatic rings. The molecule has 19 heavy (non-hydrogen) atoms. The summed E-state index contributed by atoms with van der Waals surface area (Å²) in [5.74, 6) is -2.07. The number of carbonyl (C=O) groups is 3. The number of aliphatic carboxylic acids is 1. The average molecular weight is 262 g/mol. The summed E-state index contributed by atoms with van der Waals surface area (Å²) in [4.78, 5) is 40.2. The number of nitrogens with zero attached hydrogens (tertiary/aromatic N) is 2. The lowest BCUT2D eigenvalue weighted by molar-refractivity contribution is -0.138. The molecule has 1 aliphatic heterocycles. The average Bonchev–Trinajstić information content (AvgIpc) is 2.60. The van der Waals surface area contributed by atoms with Crippen molar-refractivity contribution in [3.8, 4) is 0 Å². The Hall–Kier alpha value is -2.24. The number of carbonyl (C=O) groups excluding carboxylic acids is 2. The zero-order valence-corrected chi connectivity index (χ0v) is 10.7. The Morgan fingerprint density at radius 2 is 1.95 bits per heavy atom. The number of imide groups is 1. The lowest BCUT2D eigenvalue weighted by Crippen LogP contribution is -2.44. The number of aromatic nitrogens is 1. The minimum Gasteiger partial charge on any atom is -0.481 e. The van der Waals surface area contributed by atoms with Crippen molar-refractivity contribution in [1.29, 1.82) is 0 Å². The van der Waals surface area contributed by atoms with Crippen LogP contribution in [0.2, 0.25) is 0 Å². The normalized spacial score (nSPS) is 15.8. The van der Waals surface area contributed by atoms with E-state index < -0.39 is 23.8 Å². The van der Waals surface area contributed by atoms with Gasteiger partial charge in [-0.05, 0) is 12.0 Å². The van der Waals surface area contributed by atoms with Crippen LogP contribution in [-0.4, -0.2) is 38.8 Å². The number of carboxylic acids is 1. The van der Waals surface area contributed by atoms with Crippen molar-refractivity contribution in [2.24, 2.45) is 5.92 Å². The first-order chi connectivity index (χ1) is 8.93. The van der Waals surface area contributed by atoms with Crippen LogP contribution in [0.15, 0.2) is 18.5 Å². The van der Waals surface area contributed by atoms with E-state index in [1.165, 1.54) is 18.5 Å². The number of rotatable bonds is 4. The second-order valence-electron chi connectivity index (χ2n) is 4.81. The third-order valence-electron chi connectivity index (χ3n) is 3.20. The summed E-state index contributed by atoms with van der Waals surface area (Å²) < 4.78 is 0. The molecule has 1 aromatic rings. The molecule has 2 heterocycles. The highest BCUT2D eigenvalue weighted by atomic mass is 16.4. The van der Waals surface area contributed by atoms with Crippen molar-refractivity contribution in [1.82, 2.24) is 9.88 Å². The predicted molar refractivity (Wildman–Crippen MR) is 65.6 cm³/mol. The molecule has 0 aromatic carbocycles. The molecule has 0 aliphatic carbocycles. The van der Waals surface area contributed by atoms with E-state index in [4.69, 9.17) is 5.11 Å². The quantitative estimate of drug-likeness (QED) is 0.823. The molecule has 6 nitrogen and oxygen atoms in total. The molecule has 0 radical (unpaired) electrons. The fourth-order valence-corrected chi connectivity index (χ4v) is 2.21. The molecule has 6 heteroatoms. The Morgan fingerprint density at radius 1 is 1.32 bits per heavy atom. The van der Waals surface area contributed by atoms with Gasteiger partial charge in [-0.2, -0.15) is 0 Å². The van der Waals surface area contributed by atoms with Crippen LogP contribution in [-0.2, 0) is 4.79 Å². The lowest BCUT2D eigenvalue weighted by Gasteiger charge is -2.28. The number of carboxylic acid groups (broad SMARTS) is 1. The molecular weight excluding hydrogens is 248 g/mol. The Morgan fingerprint density at radius 3 is 2.47 bits per heavy atom. The van der Waals surface area contributed by atoms with Crippen LogP contribution in [0.25, 0.3) is 0 Å². The van der Waals surface area contributed by atoms with Crippen molar-refractivity contribution >= 4 is 17.8 Å². The van der Waals surface area contributed by atoms with Crippen LogP contribution in [0.4, 0.5) is 0 Å². The van der Waals surface area contributed by atoms with Gasteiger partial charge in [0.25, 0.3) is 11.8 Å². The summed E-state index contributed by atoms with van der Waals surface area (Å²) in [5, 5.41) is 8.92. The summed E-state index contributed by atoms with van der Waals surface area (Å²) in [6.07, 6.45) is 2.53. The molecule has 0 saturated carbocycles. The number of pyridine rings is 1. The van der Waals surface area contributed by atoms with Gasteiger partial charge in [0.1, 0.15) is 0 Å². The van der Waals surface area contributed by atoms with Crippen LogP contribution in [0, 0.1) is 5.92 Å². The van der Waals surface area contributed by atoms with Crippen LogP contribution < -0.4 is 0 Å². The minimum atomic E-state index is -1.03. The molecule has 1 aromatic heterocycles. The molecule has 0 saturated heterocycles. The van der Waals surface area contributed by atoms with Gasteiger partial charge in [-0.25, -0.2) is 0 Å². The van der Waals surface area contributed by atoms with Gasteiger partial charge in [-0.15, -0.1) is 0 Å². The van der Waals surface area contributed by atoms with Crippen molar-refractivity contribution in [2.45, 2.75) is 26.3 Å². The SMILES string of the molecule is CC(C)C(CC(=O)O)N1C(=O)c2ccncc2C1=O. The molecule has 0 fully saturated rings. The molecule has 2 rings (SSSR count). The maximum atomic E-state index is 12.2. The third-order valence-corrected chi connectivity index (χ3v) is 3.20. The van der Waals surface area contributed by atoms with Crippen LogP contribution in [0.5, 0.6) is 0 Å². The van der Waals surface area contributed by atoms with Gasteiger partial charge in [0, 0.05) is 12.4 Å². The predicted octanol–water partition coefficient (Wildman–Crippen LogP) is 1.18. The zero-order valence-electron chi connectivity index (χ0n) is 10.7. The van der Waals surface area contributed by atoms with Gasteiger partial charge < -0.3 is 5.11 Å². The summed E-state index contributed by atoms with van der Waals surface area (Å²) in [5.41, 5.74) is 0.527. The standard InChI is InChI=1S/C13H14N2O4/c1-7(2)10(5-11(16)17)15-12(18)8-3-4-14-6-9(8)13(15)19/h3-4,6-7,10H,5H2,1-2H3,(H,16,17). The van der Waals surface area contributed by atoms with E-state index >= 15 is 0 Å². The van der Waals surface area contributed by atoms with E-state index in [-0.39, 0.29) is 23.5 Å². The molecule has 0 spiro atoms. The Bertz CT molecular complexity index is 518. The van der Waals surface area contributed by atoms with E-state index in [1.54, 1.807) is 13.8 Å². The first-order valence-electron chi connectivity index (χ1n) is 5.97. The van der Waals surface area contributed by atoms with Gasteiger partial charge in [0.2, 0.25) is 0 Å². The van der Waals surface area contributed by atoms with Crippen LogP contribution >= 0.6 is 0 Å².